The van der Waals surface area contributed by atoms with Crippen molar-refractivity contribution >= 4 is 5.97 Å². The molecular weight excluding hydrogens is 240 g/mol. The summed E-state index contributed by atoms with van der Waals surface area (Å²) >= 11 is 0. The SMILES string of the molecule is CC(C)C(C)(CC1CCC2(CCCCC2)O1)C(=O)O. The largest absolute Gasteiger partial charge is 0.481 e. The minimum Gasteiger partial charge on any atom is -0.481 e. The van der Waals surface area contributed by atoms with Crippen molar-refractivity contribution in [2.75, 3.05) is 0 Å². The fourth-order valence-electron chi connectivity index (χ4n) is 3.65. The molecule has 0 aromatic rings. The Morgan fingerprint density at radius 1 is 1.32 bits per heavy atom. The first-order valence-corrected chi connectivity index (χ1v) is 7.79. The van der Waals surface area contributed by atoms with Crippen LogP contribution < -0.4 is 0 Å². The molecule has 1 heterocycles. The van der Waals surface area contributed by atoms with Gasteiger partial charge in [-0.15, -0.1) is 0 Å². The Morgan fingerprint density at radius 2 is 1.95 bits per heavy atom. The maximum absolute atomic E-state index is 11.6. The molecule has 2 atom stereocenters. The first-order valence-electron chi connectivity index (χ1n) is 7.79. The molecule has 2 fully saturated rings. The number of hydrogen-bond donors (Lipinski definition) is 1. The van der Waals surface area contributed by atoms with Crippen LogP contribution in [0.4, 0.5) is 0 Å². The number of aliphatic carboxylic acids is 1. The third-order valence-corrected chi connectivity index (χ3v) is 5.52. The molecule has 0 aromatic carbocycles. The van der Waals surface area contributed by atoms with Gasteiger partial charge < -0.3 is 9.84 Å². The molecule has 0 radical (unpaired) electrons. The molecule has 0 bridgehead atoms. The lowest BCUT2D eigenvalue weighted by molar-refractivity contribution is -0.155. The summed E-state index contributed by atoms with van der Waals surface area (Å²) in [5.41, 5.74) is -0.565. The predicted octanol–water partition coefficient (Wildman–Crippen LogP) is 4.01. The van der Waals surface area contributed by atoms with Crippen molar-refractivity contribution in [3.05, 3.63) is 0 Å². The smallest absolute Gasteiger partial charge is 0.309 e. The van der Waals surface area contributed by atoms with Gasteiger partial charge in [0.25, 0.3) is 0 Å². The summed E-state index contributed by atoms with van der Waals surface area (Å²) in [6, 6.07) is 0. The summed E-state index contributed by atoms with van der Waals surface area (Å²) in [4.78, 5) is 11.6. The van der Waals surface area contributed by atoms with E-state index in [4.69, 9.17) is 4.74 Å². The van der Waals surface area contributed by atoms with Crippen molar-refractivity contribution < 1.29 is 14.6 Å². The Hall–Kier alpha value is -0.570. The normalized spacial score (nSPS) is 29.6. The standard InChI is InChI=1S/C16H28O3/c1-12(2)15(3,14(17)18)11-13-7-10-16(19-13)8-5-4-6-9-16/h12-13H,4-11H2,1-3H3,(H,17,18). The van der Waals surface area contributed by atoms with Crippen LogP contribution in [0.3, 0.4) is 0 Å². The van der Waals surface area contributed by atoms with E-state index in [0.29, 0.717) is 6.42 Å². The Kier molecular flexibility index (Phi) is 4.24. The van der Waals surface area contributed by atoms with Gasteiger partial charge in [0.05, 0.1) is 17.1 Å². The number of carbonyl (C=O) groups is 1. The monoisotopic (exact) mass is 268 g/mol. The van der Waals surface area contributed by atoms with Crippen molar-refractivity contribution in [1.29, 1.82) is 0 Å². The van der Waals surface area contributed by atoms with Crippen LogP contribution in [0.1, 0.15) is 72.1 Å². The zero-order valence-electron chi connectivity index (χ0n) is 12.6. The molecule has 1 aliphatic carbocycles. The molecule has 1 spiro atoms. The highest BCUT2D eigenvalue weighted by Crippen LogP contribution is 2.45. The van der Waals surface area contributed by atoms with Gasteiger partial charge in [-0.1, -0.05) is 33.1 Å². The minimum atomic E-state index is -0.685. The van der Waals surface area contributed by atoms with Crippen molar-refractivity contribution in [3.63, 3.8) is 0 Å². The number of carboxylic acid groups (broad SMARTS) is 1. The highest BCUT2D eigenvalue weighted by atomic mass is 16.5. The molecule has 110 valence electrons. The summed E-state index contributed by atoms with van der Waals surface area (Å²) in [6.07, 6.45) is 9.18. The Morgan fingerprint density at radius 3 is 2.47 bits per heavy atom. The average molecular weight is 268 g/mol. The first kappa shape index (κ1) is 14.8. The first-order chi connectivity index (χ1) is 8.88. The van der Waals surface area contributed by atoms with Crippen LogP contribution >= 0.6 is 0 Å². The lowest BCUT2D eigenvalue weighted by Crippen LogP contribution is -2.38. The molecule has 19 heavy (non-hydrogen) atoms. The zero-order valence-corrected chi connectivity index (χ0v) is 12.6. The van der Waals surface area contributed by atoms with Crippen LogP contribution in [0, 0.1) is 11.3 Å². The van der Waals surface area contributed by atoms with Gasteiger partial charge in [0.1, 0.15) is 0 Å². The lowest BCUT2D eigenvalue weighted by Gasteiger charge is -2.36. The highest BCUT2D eigenvalue weighted by molar-refractivity contribution is 5.74. The van der Waals surface area contributed by atoms with Crippen LogP contribution in [-0.4, -0.2) is 22.8 Å². The van der Waals surface area contributed by atoms with Crippen molar-refractivity contribution in [1.82, 2.24) is 0 Å². The minimum absolute atomic E-state index is 0.0965. The van der Waals surface area contributed by atoms with Crippen molar-refractivity contribution in [3.8, 4) is 0 Å². The van der Waals surface area contributed by atoms with Gasteiger partial charge in [0.2, 0.25) is 0 Å². The third-order valence-electron chi connectivity index (χ3n) is 5.52. The Labute approximate surface area is 116 Å². The van der Waals surface area contributed by atoms with Crippen LogP contribution in [-0.2, 0) is 9.53 Å². The van der Waals surface area contributed by atoms with Gasteiger partial charge in [0, 0.05) is 0 Å². The molecule has 1 saturated heterocycles. The summed E-state index contributed by atoms with van der Waals surface area (Å²) in [7, 11) is 0. The second-order valence-corrected chi connectivity index (χ2v) is 7.10. The summed E-state index contributed by atoms with van der Waals surface area (Å²) in [6.45, 7) is 5.87. The summed E-state index contributed by atoms with van der Waals surface area (Å²) in [5, 5.41) is 9.51. The summed E-state index contributed by atoms with van der Waals surface area (Å²) < 4.78 is 6.32. The molecule has 2 unspecified atom stereocenters. The average Bonchev–Trinajstić information content (AvgIpc) is 2.72. The predicted molar refractivity (Wildman–Crippen MR) is 75.1 cm³/mol. The fraction of sp³-hybridized carbons (Fsp3) is 0.938. The van der Waals surface area contributed by atoms with Crippen LogP contribution in [0.5, 0.6) is 0 Å². The van der Waals surface area contributed by atoms with Gasteiger partial charge in [-0.05, 0) is 44.9 Å². The zero-order chi connectivity index (χ0) is 14.1. The Bertz CT molecular complexity index is 331. The van der Waals surface area contributed by atoms with Crippen LogP contribution in [0.15, 0.2) is 0 Å². The van der Waals surface area contributed by atoms with Gasteiger partial charge in [-0.25, -0.2) is 0 Å². The van der Waals surface area contributed by atoms with E-state index < -0.39 is 11.4 Å². The van der Waals surface area contributed by atoms with E-state index in [1.807, 2.05) is 20.8 Å². The number of ether oxygens (including phenoxy) is 1. The van der Waals surface area contributed by atoms with Crippen molar-refractivity contribution in [2.24, 2.45) is 11.3 Å². The van der Waals surface area contributed by atoms with Gasteiger partial charge in [-0.2, -0.15) is 0 Å². The number of carboxylic acids is 1. The molecule has 3 heteroatoms. The maximum Gasteiger partial charge on any atom is 0.309 e. The molecule has 0 amide bonds. The van der Waals surface area contributed by atoms with Crippen LogP contribution in [0.2, 0.25) is 0 Å². The maximum atomic E-state index is 11.6. The summed E-state index contributed by atoms with van der Waals surface area (Å²) in [5.74, 6) is -0.549. The molecule has 0 aromatic heterocycles. The third kappa shape index (κ3) is 2.96. The Balaban J connectivity index is 1.99. The fourth-order valence-corrected chi connectivity index (χ4v) is 3.65. The molecule has 2 aliphatic rings. The van der Waals surface area contributed by atoms with Crippen molar-refractivity contribution in [2.45, 2.75) is 83.8 Å². The highest BCUT2D eigenvalue weighted by Gasteiger charge is 2.45. The lowest BCUT2D eigenvalue weighted by atomic mass is 9.74. The van der Waals surface area contributed by atoms with E-state index in [0.717, 1.165) is 12.8 Å². The van der Waals surface area contributed by atoms with Gasteiger partial charge in [0.15, 0.2) is 0 Å². The number of hydrogen-bond acceptors (Lipinski definition) is 2. The molecular formula is C16H28O3. The quantitative estimate of drug-likeness (QED) is 0.838. The molecule has 1 N–H and O–H groups in total. The molecule has 2 rings (SSSR count). The van der Waals surface area contributed by atoms with E-state index in [-0.39, 0.29) is 17.6 Å². The van der Waals surface area contributed by atoms with Gasteiger partial charge in [-0.3, -0.25) is 4.79 Å². The van der Waals surface area contributed by atoms with E-state index in [2.05, 4.69) is 0 Å². The van der Waals surface area contributed by atoms with E-state index in [9.17, 15) is 9.90 Å². The molecule has 1 aliphatic heterocycles. The molecule has 3 nitrogen and oxygen atoms in total. The number of rotatable bonds is 4. The van der Waals surface area contributed by atoms with Gasteiger partial charge >= 0.3 is 5.97 Å². The van der Waals surface area contributed by atoms with E-state index >= 15 is 0 Å². The second kappa shape index (κ2) is 5.43. The second-order valence-electron chi connectivity index (χ2n) is 7.10. The molecule has 1 saturated carbocycles. The topological polar surface area (TPSA) is 46.5 Å². The van der Waals surface area contributed by atoms with E-state index in [1.165, 1.54) is 32.1 Å². The van der Waals surface area contributed by atoms with Crippen LogP contribution in [0.25, 0.3) is 0 Å². The van der Waals surface area contributed by atoms with E-state index in [1.54, 1.807) is 0 Å².